The molecule has 0 aliphatic rings. The van der Waals surface area contributed by atoms with Crippen molar-refractivity contribution in [3.63, 3.8) is 0 Å². The number of fused-ring (bicyclic) bond motifs is 1. The molecule has 0 atom stereocenters. The molecule has 0 saturated heterocycles. The van der Waals surface area contributed by atoms with Crippen LogP contribution in [0.25, 0.3) is 22.0 Å². The number of aryl methyl sites for hydroxylation is 2. The van der Waals surface area contributed by atoms with Crippen LogP contribution in [-0.4, -0.2) is 20.7 Å². The van der Waals surface area contributed by atoms with E-state index in [4.69, 9.17) is 0 Å². The fourth-order valence-corrected chi connectivity index (χ4v) is 3.99. The number of hydrogen-bond acceptors (Lipinski definition) is 5. The van der Waals surface area contributed by atoms with Crippen molar-refractivity contribution in [1.82, 2.24) is 14.8 Å². The van der Waals surface area contributed by atoms with Gasteiger partial charge in [-0.15, -0.1) is 11.3 Å². The highest BCUT2D eigenvalue weighted by molar-refractivity contribution is 7.16. The molecule has 0 bridgehead atoms. The van der Waals surface area contributed by atoms with E-state index in [-0.39, 0.29) is 17.9 Å². The highest BCUT2D eigenvalue weighted by Crippen LogP contribution is 2.30. The molecule has 0 radical (unpaired) electrons. The van der Waals surface area contributed by atoms with E-state index < -0.39 is 0 Å². The van der Waals surface area contributed by atoms with E-state index in [0.717, 1.165) is 16.1 Å². The molecular weight excluding hydrogens is 372 g/mol. The third-order valence-electron chi connectivity index (χ3n) is 4.45. The maximum Gasteiger partial charge on any atom is 0.274 e. The summed E-state index contributed by atoms with van der Waals surface area (Å²) in [5.74, 6) is -0.218. The summed E-state index contributed by atoms with van der Waals surface area (Å²) in [6.45, 7) is 1.98. The minimum atomic E-state index is -0.218. The van der Waals surface area contributed by atoms with Crippen LogP contribution in [0.2, 0.25) is 0 Å². The van der Waals surface area contributed by atoms with Gasteiger partial charge in [0.15, 0.2) is 5.13 Å². The minimum absolute atomic E-state index is 0.0634. The van der Waals surface area contributed by atoms with Crippen molar-refractivity contribution in [2.75, 3.05) is 5.32 Å². The van der Waals surface area contributed by atoms with Crippen LogP contribution in [-0.2, 0) is 18.3 Å². The lowest BCUT2D eigenvalue weighted by atomic mass is 10.1. The van der Waals surface area contributed by atoms with Crippen molar-refractivity contribution in [2.24, 2.45) is 7.05 Å². The van der Waals surface area contributed by atoms with Crippen LogP contribution in [0.1, 0.15) is 10.6 Å². The molecule has 0 unspecified atom stereocenters. The topological polar surface area (TPSA) is 76.9 Å². The maximum absolute atomic E-state index is 12.6. The summed E-state index contributed by atoms with van der Waals surface area (Å²) in [4.78, 5) is 30.4. The van der Waals surface area contributed by atoms with Crippen LogP contribution in [0.4, 0.5) is 5.13 Å². The highest BCUT2D eigenvalue weighted by atomic mass is 32.1. The first-order valence-corrected chi connectivity index (χ1v) is 9.62. The lowest BCUT2D eigenvalue weighted by molar-refractivity contribution is -0.115. The number of hydrogen-bond donors (Lipinski definition) is 1. The molecule has 140 valence electrons. The molecule has 4 aromatic rings. The van der Waals surface area contributed by atoms with Gasteiger partial charge in [0.1, 0.15) is 0 Å². The molecule has 0 spiro atoms. The quantitative estimate of drug-likeness (QED) is 0.578. The molecule has 0 saturated carbocycles. The van der Waals surface area contributed by atoms with Crippen LogP contribution in [0.3, 0.4) is 0 Å². The van der Waals surface area contributed by atoms with Crippen molar-refractivity contribution < 1.29 is 4.79 Å². The van der Waals surface area contributed by atoms with Crippen LogP contribution >= 0.6 is 11.3 Å². The maximum atomic E-state index is 12.6. The lowest BCUT2D eigenvalue weighted by Crippen LogP contribution is -2.24. The Morgan fingerprint density at radius 2 is 1.75 bits per heavy atom. The molecular formula is C21H18N4O2S. The second-order valence-electron chi connectivity index (χ2n) is 6.44. The summed E-state index contributed by atoms with van der Waals surface area (Å²) < 4.78 is 1.27. The normalized spacial score (nSPS) is 10.9. The first-order valence-electron chi connectivity index (χ1n) is 8.80. The van der Waals surface area contributed by atoms with Gasteiger partial charge in [0, 0.05) is 22.9 Å². The smallest absolute Gasteiger partial charge is 0.274 e. The average Bonchev–Trinajstić information content (AvgIpc) is 3.06. The first-order chi connectivity index (χ1) is 13.5. The number of anilines is 1. The van der Waals surface area contributed by atoms with Crippen LogP contribution in [0.15, 0.2) is 59.4 Å². The number of nitrogens with zero attached hydrogens (tertiary/aromatic N) is 3. The minimum Gasteiger partial charge on any atom is -0.302 e. The van der Waals surface area contributed by atoms with Gasteiger partial charge >= 0.3 is 0 Å². The fourth-order valence-electron chi connectivity index (χ4n) is 3.14. The van der Waals surface area contributed by atoms with E-state index in [1.165, 1.54) is 16.0 Å². The predicted molar refractivity (Wildman–Crippen MR) is 112 cm³/mol. The Bertz CT molecular complexity index is 1230. The van der Waals surface area contributed by atoms with E-state index in [1.807, 2.05) is 49.4 Å². The SMILES string of the molecule is Cc1sc(NC(=O)Cc2nn(C)c(=O)c3ccccc23)nc1-c1ccccc1. The number of nitrogens with one attached hydrogen (secondary N) is 1. The molecule has 1 amide bonds. The van der Waals surface area contributed by atoms with Gasteiger partial charge in [-0.2, -0.15) is 5.10 Å². The first kappa shape index (κ1) is 18.1. The Balaban J connectivity index is 1.59. The molecule has 0 aliphatic heterocycles. The van der Waals surface area contributed by atoms with Gasteiger partial charge in [-0.25, -0.2) is 9.67 Å². The van der Waals surface area contributed by atoms with Crippen LogP contribution < -0.4 is 10.9 Å². The van der Waals surface area contributed by atoms with Crippen molar-refractivity contribution in [3.05, 3.63) is 75.5 Å². The number of carbonyl (C=O) groups is 1. The lowest BCUT2D eigenvalue weighted by Gasteiger charge is -2.07. The van der Waals surface area contributed by atoms with Gasteiger partial charge in [-0.05, 0) is 13.0 Å². The summed E-state index contributed by atoms with van der Waals surface area (Å²) in [7, 11) is 1.59. The summed E-state index contributed by atoms with van der Waals surface area (Å²) in [5, 5.41) is 8.94. The predicted octanol–water partition coefficient (Wildman–Crippen LogP) is 3.55. The van der Waals surface area contributed by atoms with Gasteiger partial charge in [-0.3, -0.25) is 9.59 Å². The Hall–Kier alpha value is -3.32. The zero-order valence-corrected chi connectivity index (χ0v) is 16.3. The summed E-state index contributed by atoms with van der Waals surface area (Å²) in [6.07, 6.45) is 0.0634. The number of rotatable bonds is 4. The molecule has 2 aromatic heterocycles. The van der Waals surface area contributed by atoms with Gasteiger partial charge in [0.05, 0.1) is 23.2 Å². The Kier molecular flexibility index (Phi) is 4.75. The molecule has 4 rings (SSSR count). The van der Waals surface area contributed by atoms with E-state index in [9.17, 15) is 9.59 Å². The van der Waals surface area contributed by atoms with E-state index in [2.05, 4.69) is 15.4 Å². The number of benzene rings is 2. The zero-order chi connectivity index (χ0) is 19.7. The molecule has 2 aromatic carbocycles. The van der Waals surface area contributed by atoms with Crippen LogP contribution in [0, 0.1) is 6.92 Å². The highest BCUT2D eigenvalue weighted by Gasteiger charge is 2.15. The zero-order valence-electron chi connectivity index (χ0n) is 15.5. The third kappa shape index (κ3) is 3.44. The molecule has 6 nitrogen and oxygen atoms in total. The second-order valence-corrected chi connectivity index (χ2v) is 7.64. The number of amides is 1. The van der Waals surface area contributed by atoms with E-state index in [0.29, 0.717) is 21.6 Å². The number of carbonyl (C=O) groups excluding carboxylic acids is 1. The molecule has 1 N–H and O–H groups in total. The fraction of sp³-hybridized carbons (Fsp3) is 0.143. The van der Waals surface area contributed by atoms with Gasteiger partial charge in [0.25, 0.3) is 5.56 Å². The van der Waals surface area contributed by atoms with Gasteiger partial charge in [-0.1, -0.05) is 48.5 Å². The Morgan fingerprint density at radius 3 is 2.50 bits per heavy atom. The van der Waals surface area contributed by atoms with E-state index >= 15 is 0 Å². The van der Waals surface area contributed by atoms with Crippen molar-refractivity contribution in [3.8, 4) is 11.3 Å². The summed E-state index contributed by atoms with van der Waals surface area (Å²) in [6, 6.07) is 17.1. The number of aromatic nitrogens is 3. The van der Waals surface area contributed by atoms with Gasteiger partial charge in [0.2, 0.25) is 5.91 Å². The Labute approximate surface area is 165 Å². The Morgan fingerprint density at radius 1 is 1.07 bits per heavy atom. The van der Waals surface area contributed by atoms with E-state index in [1.54, 1.807) is 19.2 Å². The second kappa shape index (κ2) is 7.36. The molecule has 2 heterocycles. The molecule has 0 fully saturated rings. The molecule has 28 heavy (non-hydrogen) atoms. The van der Waals surface area contributed by atoms with Crippen LogP contribution in [0.5, 0.6) is 0 Å². The van der Waals surface area contributed by atoms with Gasteiger partial charge < -0.3 is 5.32 Å². The standard InChI is InChI=1S/C21H18N4O2S/c1-13-19(14-8-4-3-5-9-14)23-21(28-13)22-18(26)12-17-15-10-6-7-11-16(15)20(27)25(2)24-17/h3-11H,12H2,1-2H3,(H,22,23,26). The molecule has 0 aliphatic carbocycles. The average molecular weight is 390 g/mol. The van der Waals surface area contributed by atoms with Crippen molar-refractivity contribution in [2.45, 2.75) is 13.3 Å². The monoisotopic (exact) mass is 390 g/mol. The third-order valence-corrected chi connectivity index (χ3v) is 5.34. The van der Waals surface area contributed by atoms with Crippen molar-refractivity contribution in [1.29, 1.82) is 0 Å². The summed E-state index contributed by atoms with van der Waals surface area (Å²) in [5.41, 5.74) is 2.27. The van der Waals surface area contributed by atoms with Crippen molar-refractivity contribution >= 4 is 33.1 Å². The molecule has 7 heteroatoms. The largest absolute Gasteiger partial charge is 0.302 e. The number of thiazole rings is 1. The summed E-state index contributed by atoms with van der Waals surface area (Å²) >= 11 is 1.44.